The number of aromatic nitrogens is 1. The molecule has 2 aliphatic rings. The topological polar surface area (TPSA) is 36.4 Å². The van der Waals surface area contributed by atoms with Crippen LogP contribution in [-0.2, 0) is 11.3 Å². The molecule has 1 aromatic rings. The molecule has 0 radical (unpaired) electrons. The molecule has 1 aliphatic carbocycles. The molecule has 23 heavy (non-hydrogen) atoms. The van der Waals surface area contributed by atoms with E-state index in [-0.39, 0.29) is 5.92 Å². The third kappa shape index (κ3) is 4.21. The highest BCUT2D eigenvalue weighted by molar-refractivity contribution is 7.09. The van der Waals surface area contributed by atoms with Crippen LogP contribution in [-0.4, -0.2) is 47.4 Å². The Morgan fingerprint density at radius 3 is 3.00 bits per heavy atom. The van der Waals surface area contributed by atoms with Crippen molar-refractivity contribution < 1.29 is 4.79 Å². The quantitative estimate of drug-likeness (QED) is 0.777. The Balaban J connectivity index is 1.46. The van der Waals surface area contributed by atoms with Gasteiger partial charge in [-0.1, -0.05) is 12.2 Å². The number of aryl methyl sites for hydroxylation is 1. The first-order chi connectivity index (χ1) is 11.1. The van der Waals surface area contributed by atoms with Gasteiger partial charge < -0.3 is 9.80 Å². The molecule has 5 heteroatoms. The minimum absolute atomic E-state index is 0.233. The zero-order valence-corrected chi connectivity index (χ0v) is 15.0. The van der Waals surface area contributed by atoms with Crippen molar-refractivity contribution >= 4 is 17.2 Å². The molecule has 0 unspecified atom stereocenters. The largest absolute Gasteiger partial charge is 0.342 e. The number of amides is 1. The summed E-state index contributed by atoms with van der Waals surface area (Å²) in [4.78, 5) is 22.8. The predicted molar refractivity (Wildman–Crippen MR) is 94.4 cm³/mol. The Labute approximate surface area is 143 Å². The van der Waals surface area contributed by atoms with Crippen molar-refractivity contribution in [2.45, 2.75) is 39.2 Å². The van der Waals surface area contributed by atoms with Crippen LogP contribution in [0.15, 0.2) is 17.7 Å². The Kier molecular flexibility index (Phi) is 5.49. The lowest BCUT2D eigenvalue weighted by Crippen LogP contribution is -2.36. The first-order valence-corrected chi connectivity index (χ1v) is 9.52. The van der Waals surface area contributed by atoms with Crippen molar-refractivity contribution in [1.82, 2.24) is 14.8 Å². The molecule has 0 N–H and O–H groups in total. The summed E-state index contributed by atoms with van der Waals surface area (Å²) in [6.45, 7) is 5.98. The first-order valence-electron chi connectivity index (χ1n) is 8.64. The normalized spacial score (nSPS) is 24.6. The lowest BCUT2D eigenvalue weighted by molar-refractivity contribution is -0.134. The van der Waals surface area contributed by atoms with Crippen LogP contribution >= 0.6 is 11.3 Å². The molecular weight excluding hydrogens is 306 g/mol. The average molecular weight is 334 g/mol. The minimum atomic E-state index is 0.233. The summed E-state index contributed by atoms with van der Waals surface area (Å²) in [5, 5.41) is 0. The predicted octanol–water partition coefficient (Wildman–Crippen LogP) is 3.09. The Bertz CT molecular complexity index is 568. The van der Waals surface area contributed by atoms with Crippen LogP contribution in [0.2, 0.25) is 0 Å². The fourth-order valence-corrected chi connectivity index (χ4v) is 4.54. The van der Waals surface area contributed by atoms with Crippen LogP contribution in [0.5, 0.6) is 0 Å². The van der Waals surface area contributed by atoms with Crippen LogP contribution in [0.25, 0.3) is 0 Å². The number of hydrogen-bond donors (Lipinski definition) is 0. The van der Waals surface area contributed by atoms with Crippen LogP contribution in [0, 0.1) is 18.8 Å². The van der Waals surface area contributed by atoms with Gasteiger partial charge in [-0.25, -0.2) is 4.98 Å². The number of likely N-dealkylation sites (tertiary alicyclic amines) is 1. The fraction of sp³-hybridized carbons (Fsp3) is 0.667. The summed E-state index contributed by atoms with van der Waals surface area (Å²) in [7, 11) is 2.18. The molecule has 2 atom stereocenters. The number of allylic oxidation sites excluding steroid dienone is 2. The van der Waals surface area contributed by atoms with Gasteiger partial charge in [0.05, 0.1) is 11.2 Å². The summed E-state index contributed by atoms with van der Waals surface area (Å²) in [6.07, 6.45) is 8.54. The van der Waals surface area contributed by atoms with E-state index in [0.717, 1.165) is 57.6 Å². The van der Waals surface area contributed by atoms with E-state index in [1.165, 1.54) is 4.88 Å². The highest BCUT2D eigenvalue weighted by Gasteiger charge is 2.31. The number of nitrogens with zero attached hydrogens (tertiary/aromatic N) is 3. The molecule has 1 aliphatic heterocycles. The average Bonchev–Trinajstić information content (AvgIpc) is 3.17. The van der Waals surface area contributed by atoms with Crippen molar-refractivity contribution in [3.05, 3.63) is 28.2 Å². The number of carbonyl (C=O) groups is 1. The zero-order valence-electron chi connectivity index (χ0n) is 14.2. The Hall–Kier alpha value is -1.20. The van der Waals surface area contributed by atoms with Crippen molar-refractivity contribution in [3.63, 3.8) is 0 Å². The smallest absolute Gasteiger partial charge is 0.226 e. The SMILES string of the molecule is Cc1ncsc1CN(C)C[C@@H]1CCN(C(=O)[C@@H]2CC=CCC2)C1. The molecule has 3 rings (SSSR count). The van der Waals surface area contributed by atoms with E-state index in [2.05, 4.69) is 40.9 Å². The molecule has 126 valence electrons. The number of thiazole rings is 1. The van der Waals surface area contributed by atoms with Gasteiger partial charge in [-0.2, -0.15) is 0 Å². The summed E-state index contributed by atoms with van der Waals surface area (Å²) < 4.78 is 0. The highest BCUT2D eigenvalue weighted by atomic mass is 32.1. The van der Waals surface area contributed by atoms with Crippen LogP contribution in [0.3, 0.4) is 0 Å². The van der Waals surface area contributed by atoms with Crippen molar-refractivity contribution in [2.75, 3.05) is 26.7 Å². The fourth-order valence-electron chi connectivity index (χ4n) is 3.69. The lowest BCUT2D eigenvalue weighted by Gasteiger charge is -2.25. The second-order valence-electron chi connectivity index (χ2n) is 6.98. The van der Waals surface area contributed by atoms with Crippen molar-refractivity contribution in [2.24, 2.45) is 11.8 Å². The Morgan fingerprint density at radius 1 is 1.43 bits per heavy atom. The first kappa shape index (κ1) is 16.7. The molecule has 1 saturated heterocycles. The molecule has 2 heterocycles. The third-order valence-electron chi connectivity index (χ3n) is 5.04. The maximum absolute atomic E-state index is 12.6. The van der Waals surface area contributed by atoms with E-state index in [0.29, 0.717) is 11.8 Å². The molecule has 1 aromatic heterocycles. The number of hydrogen-bond acceptors (Lipinski definition) is 4. The molecule has 0 aromatic carbocycles. The van der Waals surface area contributed by atoms with Gasteiger partial charge in [0.2, 0.25) is 5.91 Å². The molecule has 1 amide bonds. The van der Waals surface area contributed by atoms with Gasteiger partial charge in [0.15, 0.2) is 0 Å². The molecular formula is C18H27N3OS. The van der Waals surface area contributed by atoms with Crippen LogP contribution in [0.4, 0.5) is 0 Å². The summed E-state index contributed by atoms with van der Waals surface area (Å²) >= 11 is 1.74. The summed E-state index contributed by atoms with van der Waals surface area (Å²) in [5.74, 6) is 1.23. The van der Waals surface area contributed by atoms with E-state index in [1.54, 1.807) is 11.3 Å². The number of carbonyl (C=O) groups excluding carboxylic acids is 1. The van der Waals surface area contributed by atoms with Gasteiger partial charge in [-0.3, -0.25) is 4.79 Å². The highest BCUT2D eigenvalue weighted by Crippen LogP contribution is 2.25. The van der Waals surface area contributed by atoms with Crippen molar-refractivity contribution in [3.8, 4) is 0 Å². The van der Waals surface area contributed by atoms with Crippen LogP contribution < -0.4 is 0 Å². The monoisotopic (exact) mass is 333 g/mol. The molecule has 4 nitrogen and oxygen atoms in total. The maximum Gasteiger partial charge on any atom is 0.226 e. The third-order valence-corrected chi connectivity index (χ3v) is 5.96. The van der Waals surface area contributed by atoms with Gasteiger partial charge in [-0.05, 0) is 45.6 Å². The van der Waals surface area contributed by atoms with Gasteiger partial charge in [0.25, 0.3) is 0 Å². The van der Waals surface area contributed by atoms with Crippen LogP contribution in [0.1, 0.15) is 36.3 Å². The Morgan fingerprint density at radius 2 is 2.30 bits per heavy atom. The van der Waals surface area contributed by atoms with Gasteiger partial charge in [0.1, 0.15) is 0 Å². The van der Waals surface area contributed by atoms with Crippen molar-refractivity contribution in [1.29, 1.82) is 0 Å². The van der Waals surface area contributed by atoms with Gasteiger partial charge in [0, 0.05) is 37.0 Å². The summed E-state index contributed by atoms with van der Waals surface area (Å²) in [5.41, 5.74) is 3.07. The van der Waals surface area contributed by atoms with E-state index >= 15 is 0 Å². The minimum Gasteiger partial charge on any atom is -0.342 e. The van der Waals surface area contributed by atoms with E-state index in [1.807, 2.05) is 5.51 Å². The lowest BCUT2D eigenvalue weighted by atomic mass is 9.93. The molecule has 0 bridgehead atoms. The second kappa shape index (κ2) is 7.58. The maximum atomic E-state index is 12.6. The van der Waals surface area contributed by atoms with E-state index in [4.69, 9.17) is 0 Å². The zero-order chi connectivity index (χ0) is 16.2. The van der Waals surface area contributed by atoms with Gasteiger partial charge in [-0.15, -0.1) is 11.3 Å². The second-order valence-corrected chi connectivity index (χ2v) is 7.92. The molecule has 0 saturated carbocycles. The van der Waals surface area contributed by atoms with E-state index < -0.39 is 0 Å². The van der Waals surface area contributed by atoms with Gasteiger partial charge >= 0.3 is 0 Å². The molecule has 0 spiro atoms. The summed E-state index contributed by atoms with van der Waals surface area (Å²) in [6, 6.07) is 0. The number of rotatable bonds is 5. The van der Waals surface area contributed by atoms with E-state index in [9.17, 15) is 4.79 Å². The standard InChI is InChI=1S/C18H27N3OS/c1-14-17(23-13-19-14)12-20(2)10-15-8-9-21(11-15)18(22)16-6-4-3-5-7-16/h3-4,13,15-16H,5-12H2,1-2H3/t15-,16+/m0/s1. The molecule has 1 fully saturated rings.